The molecule has 1 N–H and O–H groups in total. The Morgan fingerprint density at radius 2 is 2.24 bits per heavy atom. The van der Waals surface area contributed by atoms with Crippen LogP contribution in [0, 0.1) is 0 Å². The summed E-state index contributed by atoms with van der Waals surface area (Å²) in [4.78, 5) is 15.5. The molecule has 2 aromatic rings. The number of nitrogens with zero attached hydrogens (tertiary/aromatic N) is 2. The van der Waals surface area contributed by atoms with Gasteiger partial charge in [0.25, 0.3) is 0 Å². The van der Waals surface area contributed by atoms with Crippen molar-refractivity contribution in [2.45, 2.75) is 25.2 Å². The zero-order valence-corrected chi connectivity index (χ0v) is 9.68. The van der Waals surface area contributed by atoms with E-state index in [0.29, 0.717) is 11.5 Å². The third-order valence-corrected chi connectivity index (χ3v) is 3.63. The minimum Gasteiger partial charge on any atom is -0.478 e. The second-order valence-electron chi connectivity index (χ2n) is 4.67. The van der Waals surface area contributed by atoms with E-state index in [-0.39, 0.29) is 0 Å². The van der Waals surface area contributed by atoms with Crippen LogP contribution in [0.2, 0.25) is 0 Å². The number of carbonyl (C=O) groups is 1. The second kappa shape index (κ2) is 3.58. The lowest BCUT2D eigenvalue weighted by Crippen LogP contribution is -2.13. The number of hydrogen-bond donors (Lipinski definition) is 1. The van der Waals surface area contributed by atoms with Crippen LogP contribution in [0.3, 0.4) is 0 Å². The molecule has 0 unspecified atom stereocenters. The third-order valence-electron chi connectivity index (χ3n) is 3.63. The number of hydrogen-bond acceptors (Lipinski definition) is 2. The normalized spacial score (nSPS) is 16.1. The fraction of sp³-hybridized carbons (Fsp3) is 0.385. The molecule has 0 aliphatic heterocycles. The van der Waals surface area contributed by atoms with E-state index in [0.717, 1.165) is 16.9 Å². The highest BCUT2D eigenvalue weighted by atomic mass is 16.4. The number of carboxylic acids is 1. The molecule has 1 fully saturated rings. The van der Waals surface area contributed by atoms with Gasteiger partial charge in [0.15, 0.2) is 0 Å². The van der Waals surface area contributed by atoms with Crippen LogP contribution in [0.4, 0.5) is 0 Å². The molecule has 1 heterocycles. The van der Waals surface area contributed by atoms with Gasteiger partial charge in [-0.1, -0.05) is 6.42 Å². The molecule has 0 amide bonds. The zero-order valence-electron chi connectivity index (χ0n) is 9.68. The summed E-state index contributed by atoms with van der Waals surface area (Å²) in [6, 6.07) is 5.11. The first-order chi connectivity index (χ1) is 8.16. The number of aryl methyl sites for hydroxylation is 1. The summed E-state index contributed by atoms with van der Waals surface area (Å²) in [5, 5.41) is 8.98. The van der Waals surface area contributed by atoms with E-state index < -0.39 is 5.97 Å². The van der Waals surface area contributed by atoms with E-state index in [1.54, 1.807) is 18.2 Å². The van der Waals surface area contributed by atoms with Gasteiger partial charge in [-0.2, -0.15) is 0 Å². The number of fused-ring (bicyclic) bond motifs is 1. The summed E-state index contributed by atoms with van der Waals surface area (Å²) in [6.45, 7) is 0. The molecule has 1 aromatic carbocycles. The summed E-state index contributed by atoms with van der Waals surface area (Å²) >= 11 is 0. The predicted molar refractivity (Wildman–Crippen MR) is 64.3 cm³/mol. The van der Waals surface area contributed by atoms with Crippen molar-refractivity contribution in [3.8, 4) is 0 Å². The van der Waals surface area contributed by atoms with Crippen molar-refractivity contribution in [3.05, 3.63) is 29.6 Å². The lowest BCUT2D eigenvalue weighted by atomic mass is 9.85. The van der Waals surface area contributed by atoms with Gasteiger partial charge in [-0.3, -0.25) is 0 Å². The van der Waals surface area contributed by atoms with Crippen molar-refractivity contribution in [2.24, 2.45) is 7.05 Å². The summed E-state index contributed by atoms with van der Waals surface area (Å²) in [7, 11) is 1.97. The van der Waals surface area contributed by atoms with E-state index in [4.69, 9.17) is 5.11 Å². The molecule has 3 rings (SSSR count). The molecule has 0 atom stereocenters. The largest absolute Gasteiger partial charge is 0.478 e. The molecule has 4 nitrogen and oxygen atoms in total. The van der Waals surface area contributed by atoms with Crippen molar-refractivity contribution >= 4 is 17.0 Å². The fourth-order valence-corrected chi connectivity index (χ4v) is 2.37. The number of aromatic carboxylic acids is 1. The molecule has 88 valence electrons. The van der Waals surface area contributed by atoms with Gasteiger partial charge >= 0.3 is 5.97 Å². The van der Waals surface area contributed by atoms with Gasteiger partial charge < -0.3 is 9.67 Å². The Morgan fingerprint density at radius 3 is 2.82 bits per heavy atom. The Kier molecular flexibility index (Phi) is 2.18. The predicted octanol–water partition coefficient (Wildman–Crippen LogP) is 2.54. The number of imidazole rings is 1. The zero-order chi connectivity index (χ0) is 12.0. The van der Waals surface area contributed by atoms with E-state index in [1.165, 1.54) is 19.3 Å². The van der Waals surface area contributed by atoms with Crippen molar-refractivity contribution in [1.82, 2.24) is 9.55 Å². The molecular weight excluding hydrogens is 216 g/mol. The van der Waals surface area contributed by atoms with Gasteiger partial charge in [0.1, 0.15) is 5.82 Å². The maximum atomic E-state index is 10.9. The van der Waals surface area contributed by atoms with Crippen LogP contribution in [0.5, 0.6) is 0 Å². The Balaban J connectivity index is 2.15. The molecule has 1 aliphatic rings. The Hall–Kier alpha value is -1.84. The average Bonchev–Trinajstić information content (AvgIpc) is 2.54. The van der Waals surface area contributed by atoms with Crippen LogP contribution < -0.4 is 0 Å². The fourth-order valence-electron chi connectivity index (χ4n) is 2.37. The minimum absolute atomic E-state index is 0.320. The first-order valence-electron chi connectivity index (χ1n) is 5.86. The molecule has 0 bridgehead atoms. The molecule has 1 aromatic heterocycles. The van der Waals surface area contributed by atoms with Gasteiger partial charge in [0, 0.05) is 13.0 Å². The number of rotatable bonds is 2. The van der Waals surface area contributed by atoms with Crippen molar-refractivity contribution < 1.29 is 9.90 Å². The van der Waals surface area contributed by atoms with Crippen LogP contribution in [-0.4, -0.2) is 20.6 Å². The summed E-state index contributed by atoms with van der Waals surface area (Å²) < 4.78 is 2.03. The Morgan fingerprint density at radius 1 is 1.47 bits per heavy atom. The van der Waals surface area contributed by atoms with Crippen LogP contribution in [-0.2, 0) is 7.05 Å². The SMILES string of the molecule is Cn1c(C2CCC2)nc2ccc(C(=O)O)cc21. The van der Waals surface area contributed by atoms with E-state index in [2.05, 4.69) is 4.98 Å². The molecule has 1 saturated carbocycles. The second-order valence-corrected chi connectivity index (χ2v) is 4.67. The maximum Gasteiger partial charge on any atom is 0.335 e. The summed E-state index contributed by atoms with van der Waals surface area (Å²) in [5.41, 5.74) is 2.12. The quantitative estimate of drug-likeness (QED) is 0.862. The van der Waals surface area contributed by atoms with Gasteiger partial charge in [-0.15, -0.1) is 0 Å². The van der Waals surface area contributed by atoms with Crippen LogP contribution in [0.15, 0.2) is 18.2 Å². The molecule has 1 aliphatic carbocycles. The highest BCUT2D eigenvalue weighted by Gasteiger charge is 2.24. The Bertz CT molecular complexity index is 597. The minimum atomic E-state index is -0.890. The molecule has 0 spiro atoms. The van der Waals surface area contributed by atoms with E-state index >= 15 is 0 Å². The number of benzene rings is 1. The van der Waals surface area contributed by atoms with E-state index in [9.17, 15) is 4.79 Å². The van der Waals surface area contributed by atoms with Gasteiger partial charge in [0.2, 0.25) is 0 Å². The number of carboxylic acid groups (broad SMARTS) is 1. The van der Waals surface area contributed by atoms with Crippen molar-refractivity contribution in [2.75, 3.05) is 0 Å². The van der Waals surface area contributed by atoms with E-state index in [1.807, 2.05) is 11.6 Å². The third kappa shape index (κ3) is 1.52. The number of aromatic nitrogens is 2. The molecule has 0 saturated heterocycles. The lowest BCUT2D eigenvalue weighted by Gasteiger charge is -2.24. The average molecular weight is 230 g/mol. The lowest BCUT2D eigenvalue weighted by molar-refractivity contribution is 0.0697. The smallest absolute Gasteiger partial charge is 0.335 e. The monoisotopic (exact) mass is 230 g/mol. The molecule has 4 heteroatoms. The molecule has 0 radical (unpaired) electrons. The van der Waals surface area contributed by atoms with Crippen molar-refractivity contribution in [1.29, 1.82) is 0 Å². The molecular formula is C13H14N2O2. The Labute approximate surface area is 98.9 Å². The van der Waals surface area contributed by atoms with Crippen LogP contribution in [0.25, 0.3) is 11.0 Å². The highest BCUT2D eigenvalue weighted by Crippen LogP contribution is 2.36. The maximum absolute atomic E-state index is 10.9. The van der Waals surface area contributed by atoms with Gasteiger partial charge in [0.05, 0.1) is 16.6 Å². The first kappa shape index (κ1) is 10.3. The van der Waals surface area contributed by atoms with Crippen molar-refractivity contribution in [3.63, 3.8) is 0 Å². The van der Waals surface area contributed by atoms with Crippen LogP contribution >= 0.6 is 0 Å². The summed E-state index contributed by atoms with van der Waals surface area (Å²) in [6.07, 6.45) is 3.67. The summed E-state index contributed by atoms with van der Waals surface area (Å²) in [5.74, 6) is 0.757. The topological polar surface area (TPSA) is 55.1 Å². The van der Waals surface area contributed by atoms with Gasteiger partial charge in [-0.25, -0.2) is 9.78 Å². The highest BCUT2D eigenvalue weighted by molar-refractivity contribution is 5.92. The van der Waals surface area contributed by atoms with Crippen LogP contribution in [0.1, 0.15) is 41.4 Å². The van der Waals surface area contributed by atoms with Gasteiger partial charge in [-0.05, 0) is 31.0 Å². The molecule has 17 heavy (non-hydrogen) atoms. The first-order valence-corrected chi connectivity index (χ1v) is 5.86. The standard InChI is InChI=1S/C13H14N2O2/c1-15-11-7-9(13(16)17)5-6-10(11)14-12(15)8-3-2-4-8/h5-8H,2-4H2,1H3,(H,16,17).